The Kier molecular flexibility index (Phi) is 8.76. The highest BCUT2D eigenvalue weighted by atomic mass is 35.5. The lowest BCUT2D eigenvalue weighted by molar-refractivity contribution is -0.129. The highest BCUT2D eigenvalue weighted by Gasteiger charge is 2.21. The first-order valence-corrected chi connectivity index (χ1v) is 11.5. The van der Waals surface area contributed by atoms with Gasteiger partial charge in [-0.15, -0.1) is 0 Å². The number of esters is 1. The van der Waals surface area contributed by atoms with Crippen molar-refractivity contribution < 1.29 is 19.1 Å². The van der Waals surface area contributed by atoms with Crippen molar-refractivity contribution in [2.75, 3.05) is 5.32 Å². The lowest BCUT2D eigenvalue weighted by Gasteiger charge is -2.17. The minimum Gasteiger partial charge on any atom is -0.423 e. The molecule has 184 valence electrons. The third kappa shape index (κ3) is 7.92. The van der Waals surface area contributed by atoms with Crippen LogP contribution in [-0.2, 0) is 9.59 Å². The van der Waals surface area contributed by atoms with E-state index in [0.717, 1.165) is 5.56 Å². The van der Waals surface area contributed by atoms with E-state index in [9.17, 15) is 14.4 Å². The fourth-order valence-electron chi connectivity index (χ4n) is 2.83. The molecule has 0 atom stereocenters. The molecule has 36 heavy (non-hydrogen) atoms. The van der Waals surface area contributed by atoms with Crippen molar-refractivity contribution in [1.29, 1.82) is 0 Å². The normalized spacial score (nSPS) is 11.4. The van der Waals surface area contributed by atoms with Crippen molar-refractivity contribution in [1.82, 2.24) is 5.43 Å². The Bertz CT molecular complexity index is 1290. The molecule has 8 heteroatoms. The van der Waals surface area contributed by atoms with E-state index in [1.54, 1.807) is 48.5 Å². The number of rotatable bonds is 7. The predicted octanol–water partition coefficient (Wildman–Crippen LogP) is 5.71. The maximum atomic E-state index is 12.4. The Labute approximate surface area is 214 Å². The molecule has 0 aromatic heterocycles. The van der Waals surface area contributed by atoms with E-state index >= 15 is 0 Å². The Morgan fingerprint density at radius 3 is 2.31 bits per heavy atom. The molecule has 3 aromatic rings. The SMILES string of the molecule is CC(C)(C)C(=O)Nc1ccc(C(=O)N/N=C/c2cc(Cl)ccc2OC(=O)/C=C/c2ccccc2)cc1. The van der Waals surface area contributed by atoms with Crippen LogP contribution in [0.1, 0.15) is 42.3 Å². The van der Waals surface area contributed by atoms with Gasteiger partial charge in [0, 0.05) is 33.3 Å². The van der Waals surface area contributed by atoms with Gasteiger partial charge in [-0.25, -0.2) is 10.2 Å². The molecule has 2 amide bonds. The summed E-state index contributed by atoms with van der Waals surface area (Å²) in [6.45, 7) is 5.45. The fourth-order valence-corrected chi connectivity index (χ4v) is 3.01. The van der Waals surface area contributed by atoms with E-state index in [1.807, 2.05) is 51.1 Å². The van der Waals surface area contributed by atoms with Gasteiger partial charge in [0.15, 0.2) is 0 Å². The number of halogens is 1. The Morgan fingerprint density at radius 2 is 1.64 bits per heavy atom. The molecule has 0 heterocycles. The summed E-state index contributed by atoms with van der Waals surface area (Å²) < 4.78 is 5.41. The zero-order valence-corrected chi connectivity index (χ0v) is 20.9. The number of amides is 2. The van der Waals surface area contributed by atoms with Gasteiger partial charge in [-0.1, -0.05) is 62.7 Å². The van der Waals surface area contributed by atoms with E-state index in [0.29, 0.717) is 21.8 Å². The van der Waals surface area contributed by atoms with Gasteiger partial charge in [0.25, 0.3) is 5.91 Å². The van der Waals surface area contributed by atoms with E-state index in [4.69, 9.17) is 16.3 Å². The molecular formula is C28H26ClN3O4. The van der Waals surface area contributed by atoms with Gasteiger partial charge < -0.3 is 10.1 Å². The van der Waals surface area contributed by atoms with Crippen molar-refractivity contribution in [3.63, 3.8) is 0 Å². The molecule has 3 aromatic carbocycles. The quantitative estimate of drug-likeness (QED) is 0.142. The van der Waals surface area contributed by atoms with E-state index in [2.05, 4.69) is 15.8 Å². The first kappa shape index (κ1) is 26.4. The fraction of sp³-hybridized carbons (Fsp3) is 0.143. The first-order valence-electron chi connectivity index (χ1n) is 11.1. The highest BCUT2D eigenvalue weighted by molar-refractivity contribution is 6.31. The van der Waals surface area contributed by atoms with Crippen molar-refractivity contribution in [3.05, 3.63) is 101 Å². The van der Waals surface area contributed by atoms with Crippen LogP contribution < -0.4 is 15.5 Å². The second-order valence-corrected chi connectivity index (χ2v) is 9.26. The van der Waals surface area contributed by atoms with E-state index in [1.165, 1.54) is 12.3 Å². The standard InChI is InChI=1S/C28H26ClN3O4/c1-28(2,3)27(35)31-23-13-10-20(11-14-23)26(34)32-30-18-21-17-22(29)12-15-24(21)36-25(33)16-9-19-7-5-4-6-8-19/h4-18H,1-3H3,(H,31,35)(H,32,34)/b16-9+,30-18+. The van der Waals surface area contributed by atoms with Crippen molar-refractivity contribution in [2.45, 2.75) is 20.8 Å². The summed E-state index contributed by atoms with van der Waals surface area (Å²) in [5.41, 5.74) is 4.10. The van der Waals surface area contributed by atoms with E-state index in [-0.39, 0.29) is 11.7 Å². The van der Waals surface area contributed by atoms with Crippen LogP contribution in [0.2, 0.25) is 5.02 Å². The summed E-state index contributed by atoms with van der Waals surface area (Å²) in [6.07, 6.45) is 4.30. The lowest BCUT2D eigenvalue weighted by Crippen LogP contribution is -2.27. The topological polar surface area (TPSA) is 96.9 Å². The minimum atomic E-state index is -0.571. The van der Waals surface area contributed by atoms with Gasteiger partial charge in [0.05, 0.1) is 6.21 Å². The summed E-state index contributed by atoms with van der Waals surface area (Å²) in [7, 11) is 0. The number of carbonyl (C=O) groups excluding carboxylic acids is 3. The summed E-state index contributed by atoms with van der Waals surface area (Å²) >= 11 is 6.08. The predicted molar refractivity (Wildman–Crippen MR) is 142 cm³/mol. The number of benzene rings is 3. The third-order valence-electron chi connectivity index (χ3n) is 4.85. The number of carbonyl (C=O) groups is 3. The Hall–Kier alpha value is -4.23. The van der Waals surface area contributed by atoms with Gasteiger partial charge in [-0.3, -0.25) is 9.59 Å². The molecule has 2 N–H and O–H groups in total. The molecule has 0 spiro atoms. The van der Waals surface area contributed by atoms with Crippen molar-refractivity contribution in [2.24, 2.45) is 10.5 Å². The second kappa shape index (κ2) is 12.0. The Morgan fingerprint density at radius 1 is 0.944 bits per heavy atom. The molecule has 0 aliphatic heterocycles. The van der Waals surface area contributed by atoms with Crippen LogP contribution in [0, 0.1) is 5.41 Å². The van der Waals surface area contributed by atoms with Crippen LogP contribution in [0.5, 0.6) is 5.75 Å². The number of hydrogen-bond acceptors (Lipinski definition) is 5. The molecule has 3 rings (SSSR count). The molecule has 0 fully saturated rings. The van der Waals surface area contributed by atoms with Crippen molar-refractivity contribution >= 4 is 47.4 Å². The van der Waals surface area contributed by atoms with Gasteiger partial charge in [0.2, 0.25) is 5.91 Å². The van der Waals surface area contributed by atoms with Crippen LogP contribution in [0.4, 0.5) is 5.69 Å². The largest absolute Gasteiger partial charge is 0.423 e. The molecular weight excluding hydrogens is 478 g/mol. The number of hydrazone groups is 1. The second-order valence-electron chi connectivity index (χ2n) is 8.83. The average Bonchev–Trinajstić information content (AvgIpc) is 2.85. The van der Waals surface area contributed by atoms with E-state index < -0.39 is 17.3 Å². The summed E-state index contributed by atoms with van der Waals surface area (Å²) in [5, 5.41) is 7.17. The molecule has 0 bridgehead atoms. The molecule has 7 nitrogen and oxygen atoms in total. The van der Waals surface area contributed by atoms with Gasteiger partial charge in [0.1, 0.15) is 5.75 Å². The summed E-state index contributed by atoms with van der Waals surface area (Å²) in [5.74, 6) is -0.915. The number of anilines is 1. The number of hydrogen-bond donors (Lipinski definition) is 2. The highest BCUT2D eigenvalue weighted by Crippen LogP contribution is 2.22. The van der Waals surface area contributed by atoms with Gasteiger partial charge in [-0.2, -0.15) is 5.10 Å². The molecule has 0 radical (unpaired) electrons. The third-order valence-corrected chi connectivity index (χ3v) is 5.08. The monoisotopic (exact) mass is 503 g/mol. The smallest absolute Gasteiger partial charge is 0.336 e. The Balaban J connectivity index is 1.62. The number of ether oxygens (including phenoxy) is 1. The van der Waals surface area contributed by atoms with Crippen molar-refractivity contribution in [3.8, 4) is 5.75 Å². The minimum absolute atomic E-state index is 0.127. The molecule has 0 saturated heterocycles. The molecule has 0 aliphatic rings. The number of nitrogens with zero attached hydrogens (tertiary/aromatic N) is 1. The van der Waals surface area contributed by atoms with Crippen LogP contribution in [0.25, 0.3) is 6.08 Å². The maximum Gasteiger partial charge on any atom is 0.336 e. The molecule has 0 unspecified atom stereocenters. The van der Waals surface area contributed by atoms with Crippen LogP contribution in [0.3, 0.4) is 0 Å². The van der Waals surface area contributed by atoms with Gasteiger partial charge >= 0.3 is 5.97 Å². The van der Waals surface area contributed by atoms with Gasteiger partial charge in [-0.05, 0) is 54.1 Å². The lowest BCUT2D eigenvalue weighted by atomic mass is 9.95. The zero-order valence-electron chi connectivity index (χ0n) is 20.1. The van der Waals surface area contributed by atoms with Crippen LogP contribution >= 0.6 is 11.6 Å². The average molecular weight is 504 g/mol. The maximum absolute atomic E-state index is 12.4. The van der Waals surface area contributed by atoms with Crippen LogP contribution in [0.15, 0.2) is 84.0 Å². The first-order chi connectivity index (χ1) is 17.1. The summed E-state index contributed by atoms with van der Waals surface area (Å²) in [6, 6.07) is 20.5. The molecule has 0 aliphatic carbocycles. The zero-order chi connectivity index (χ0) is 26.1. The summed E-state index contributed by atoms with van der Waals surface area (Å²) in [4.78, 5) is 36.8. The molecule has 0 saturated carbocycles. The van der Waals surface area contributed by atoms with Crippen LogP contribution in [-0.4, -0.2) is 24.0 Å². The number of nitrogens with one attached hydrogen (secondary N) is 2.